The first-order valence-electron chi connectivity index (χ1n) is 9.15. The molecule has 5 heteroatoms. The molecule has 1 N–H and O–H groups in total. The van der Waals surface area contributed by atoms with Crippen molar-refractivity contribution in [1.82, 2.24) is 14.2 Å². The molecule has 28 heavy (non-hydrogen) atoms. The minimum atomic E-state index is -0.0691. The van der Waals surface area contributed by atoms with Crippen LogP contribution in [0.25, 0.3) is 21.9 Å². The molecule has 3 aromatic carbocycles. The van der Waals surface area contributed by atoms with Crippen molar-refractivity contribution < 1.29 is 0 Å². The quantitative estimate of drug-likeness (QED) is 0.517. The lowest BCUT2D eigenvalue weighted by atomic mass is 10.1. The summed E-state index contributed by atoms with van der Waals surface area (Å²) >= 11 is 0. The molecule has 5 rings (SSSR count). The van der Waals surface area contributed by atoms with Crippen LogP contribution in [0.1, 0.15) is 5.56 Å². The second-order valence-electron chi connectivity index (χ2n) is 6.71. The maximum atomic E-state index is 13.3. The van der Waals surface area contributed by atoms with Gasteiger partial charge in [-0.15, -0.1) is 0 Å². The van der Waals surface area contributed by atoms with E-state index in [-0.39, 0.29) is 5.56 Å². The molecular weight excluding hydrogens is 348 g/mol. The highest BCUT2D eigenvalue weighted by atomic mass is 16.1. The van der Waals surface area contributed by atoms with Crippen molar-refractivity contribution in [3.05, 3.63) is 107 Å². The van der Waals surface area contributed by atoms with Gasteiger partial charge in [0.15, 0.2) is 0 Å². The van der Waals surface area contributed by atoms with E-state index in [4.69, 9.17) is 0 Å². The van der Waals surface area contributed by atoms with Crippen molar-refractivity contribution in [3.8, 4) is 0 Å². The van der Waals surface area contributed by atoms with Crippen LogP contribution in [0.3, 0.4) is 0 Å². The number of benzene rings is 3. The monoisotopic (exact) mass is 366 g/mol. The third kappa shape index (κ3) is 2.83. The molecular formula is C23H18N4O. The van der Waals surface area contributed by atoms with Gasteiger partial charge in [0.2, 0.25) is 0 Å². The topological polar surface area (TPSA) is 51.9 Å². The van der Waals surface area contributed by atoms with Crippen LogP contribution in [-0.2, 0) is 6.54 Å². The van der Waals surface area contributed by atoms with Gasteiger partial charge in [-0.3, -0.25) is 10.2 Å². The van der Waals surface area contributed by atoms with Crippen molar-refractivity contribution in [1.29, 1.82) is 0 Å². The Morgan fingerprint density at radius 3 is 2.39 bits per heavy atom. The third-order valence-electron chi connectivity index (χ3n) is 4.88. The van der Waals surface area contributed by atoms with Crippen molar-refractivity contribution >= 4 is 27.6 Å². The molecule has 2 aromatic heterocycles. The average Bonchev–Trinajstić information content (AvgIpc) is 3.15. The zero-order valence-electron chi connectivity index (χ0n) is 15.1. The number of fused-ring (bicyclic) bond motifs is 2. The van der Waals surface area contributed by atoms with Crippen LogP contribution in [0.5, 0.6) is 0 Å². The van der Waals surface area contributed by atoms with Gasteiger partial charge in [0, 0.05) is 5.39 Å². The minimum absolute atomic E-state index is 0.0691. The van der Waals surface area contributed by atoms with Gasteiger partial charge in [-0.25, -0.2) is 9.66 Å². The number of hydrogen-bond donors (Lipinski definition) is 1. The first-order valence-corrected chi connectivity index (χ1v) is 9.15. The Bertz CT molecular complexity index is 1340. The number of rotatable bonds is 4. The van der Waals surface area contributed by atoms with Gasteiger partial charge in [-0.05, 0) is 29.8 Å². The van der Waals surface area contributed by atoms with Crippen LogP contribution in [0, 0.1) is 0 Å². The summed E-state index contributed by atoms with van der Waals surface area (Å²) in [7, 11) is 0. The van der Waals surface area contributed by atoms with Crippen molar-refractivity contribution in [2.45, 2.75) is 6.54 Å². The number of imidazole rings is 1. The molecule has 5 aromatic rings. The second-order valence-corrected chi connectivity index (χ2v) is 6.71. The smallest absolute Gasteiger partial charge is 0.276 e. The van der Waals surface area contributed by atoms with Gasteiger partial charge < -0.3 is 4.57 Å². The maximum absolute atomic E-state index is 13.3. The number of hydrogen-bond acceptors (Lipinski definition) is 3. The van der Waals surface area contributed by atoms with Gasteiger partial charge >= 0.3 is 0 Å². The summed E-state index contributed by atoms with van der Waals surface area (Å²) in [4.78, 5) is 17.7. The van der Waals surface area contributed by atoms with Crippen LogP contribution in [0.4, 0.5) is 5.69 Å². The molecule has 0 saturated heterocycles. The van der Waals surface area contributed by atoms with Gasteiger partial charge in [-0.1, -0.05) is 60.7 Å². The Morgan fingerprint density at radius 1 is 0.821 bits per heavy atom. The van der Waals surface area contributed by atoms with E-state index in [0.29, 0.717) is 12.2 Å². The molecule has 0 unspecified atom stereocenters. The van der Waals surface area contributed by atoms with Gasteiger partial charge in [-0.2, -0.15) is 0 Å². The lowest BCUT2D eigenvalue weighted by molar-refractivity contribution is 0.792. The van der Waals surface area contributed by atoms with Gasteiger partial charge in [0.05, 0.1) is 23.1 Å². The summed E-state index contributed by atoms with van der Waals surface area (Å²) in [6, 6.07) is 27.7. The first-order chi connectivity index (χ1) is 13.8. The zero-order valence-corrected chi connectivity index (χ0v) is 15.1. The highest BCUT2D eigenvalue weighted by molar-refractivity contribution is 5.83. The number of nitrogens with one attached hydrogen (secondary N) is 1. The molecule has 5 nitrogen and oxygen atoms in total. The molecule has 0 atom stereocenters. The Morgan fingerprint density at radius 2 is 1.54 bits per heavy atom. The maximum Gasteiger partial charge on any atom is 0.276 e. The van der Waals surface area contributed by atoms with E-state index in [1.54, 1.807) is 11.0 Å². The Hall–Kier alpha value is -3.86. The lowest BCUT2D eigenvalue weighted by Gasteiger charge is -2.15. The molecule has 0 aliphatic rings. The van der Waals surface area contributed by atoms with Crippen molar-refractivity contribution in [2.24, 2.45) is 0 Å². The molecule has 0 saturated carbocycles. The van der Waals surface area contributed by atoms with Crippen LogP contribution >= 0.6 is 0 Å². The number of pyridine rings is 1. The Balaban J connectivity index is 1.65. The van der Waals surface area contributed by atoms with Gasteiger partial charge in [0.25, 0.3) is 5.56 Å². The fourth-order valence-corrected chi connectivity index (χ4v) is 3.51. The number of aromatic nitrogens is 3. The van der Waals surface area contributed by atoms with Crippen LogP contribution < -0.4 is 11.0 Å². The number of anilines is 1. The van der Waals surface area contributed by atoms with E-state index in [0.717, 1.165) is 27.5 Å². The normalized spacial score (nSPS) is 11.1. The minimum Gasteiger partial charge on any atom is -0.302 e. The second kappa shape index (κ2) is 6.70. The zero-order chi connectivity index (χ0) is 18.9. The Kier molecular flexibility index (Phi) is 3.91. The van der Waals surface area contributed by atoms with Gasteiger partial charge in [0.1, 0.15) is 12.0 Å². The molecule has 0 amide bonds. The van der Waals surface area contributed by atoms with Crippen molar-refractivity contribution in [3.63, 3.8) is 0 Å². The molecule has 0 aliphatic heterocycles. The van der Waals surface area contributed by atoms with Crippen LogP contribution in [-0.4, -0.2) is 14.2 Å². The highest BCUT2D eigenvalue weighted by Crippen LogP contribution is 2.19. The highest BCUT2D eigenvalue weighted by Gasteiger charge is 2.11. The van der Waals surface area contributed by atoms with E-state index in [1.807, 2.05) is 89.5 Å². The van der Waals surface area contributed by atoms with Crippen LogP contribution in [0.15, 0.2) is 96.1 Å². The Labute approximate surface area is 161 Å². The summed E-state index contributed by atoms with van der Waals surface area (Å²) in [5.41, 5.74) is 7.47. The molecule has 0 fully saturated rings. The third-order valence-corrected chi connectivity index (χ3v) is 4.88. The largest absolute Gasteiger partial charge is 0.302 e. The SMILES string of the molecule is O=c1c(Nn2cnc3ccccc32)cc2ccccc2n1Cc1ccccc1. The molecule has 0 spiro atoms. The van der Waals surface area contributed by atoms with E-state index in [2.05, 4.69) is 10.4 Å². The van der Waals surface area contributed by atoms with E-state index in [1.165, 1.54) is 0 Å². The number of para-hydroxylation sites is 3. The predicted molar refractivity (Wildman–Crippen MR) is 113 cm³/mol. The summed E-state index contributed by atoms with van der Waals surface area (Å²) in [6.45, 7) is 0.514. The van der Waals surface area contributed by atoms with E-state index in [9.17, 15) is 4.79 Å². The summed E-state index contributed by atoms with van der Waals surface area (Å²) < 4.78 is 3.60. The fraction of sp³-hybridized carbons (Fsp3) is 0.0435. The fourth-order valence-electron chi connectivity index (χ4n) is 3.51. The first kappa shape index (κ1) is 16.3. The van der Waals surface area contributed by atoms with E-state index >= 15 is 0 Å². The predicted octanol–water partition coefficient (Wildman–Crippen LogP) is 4.27. The van der Waals surface area contributed by atoms with Crippen LogP contribution in [0.2, 0.25) is 0 Å². The molecule has 2 heterocycles. The average molecular weight is 366 g/mol. The summed E-state index contributed by atoms with van der Waals surface area (Å²) in [6.07, 6.45) is 1.70. The van der Waals surface area contributed by atoms with Crippen molar-refractivity contribution in [2.75, 3.05) is 5.43 Å². The summed E-state index contributed by atoms with van der Waals surface area (Å²) in [5.74, 6) is 0. The summed E-state index contributed by atoms with van der Waals surface area (Å²) in [5, 5.41) is 1.00. The molecule has 0 radical (unpaired) electrons. The molecule has 0 bridgehead atoms. The van der Waals surface area contributed by atoms with E-state index < -0.39 is 0 Å². The molecule has 0 aliphatic carbocycles. The number of nitrogens with zero attached hydrogens (tertiary/aromatic N) is 3. The lowest BCUT2D eigenvalue weighted by Crippen LogP contribution is -2.26. The molecule has 136 valence electrons. The standard InChI is InChI=1S/C23H18N4O/c28-23-20(25-27-16-24-19-11-5-7-13-22(19)27)14-18-10-4-6-12-21(18)26(23)15-17-8-2-1-3-9-17/h1-14,16,25H,15H2.